The van der Waals surface area contributed by atoms with Crippen molar-refractivity contribution < 1.29 is 39.9 Å². The monoisotopic (exact) mass is 997 g/mol. The standard InChI is InChI=1S/C58H67N3O8S2/c59-55(60)41-23-35-3-1-5-48-39(15-19-61-48)51(66)25-42-40(35)24-36(41)30-70-71-32-57-26-44-38-10-11-46(52(67)29-62)58(17-2-4-45(38)58)27-47(44)56(31-57,28-54(57)68)18-14-37(63)9-6-33-8-13-50(65)53(22-33)69-20-16-34-7-12-49(64)43(42)21-34/h7-8,12-15,18-19,21-24,38,42,44-47,52,54-55,61-62,64-65,67-68H,2,4-6,9-11,16-17,20,25-32,59-60H2. The number of aromatic hydroxyl groups is 2. The van der Waals surface area contributed by atoms with Gasteiger partial charge in [-0.2, -0.15) is 0 Å². The number of phenols is 2. The Bertz CT molecular complexity index is 2820. The molecule has 5 fully saturated rings. The smallest absolute Gasteiger partial charge is 0.165 e. The fourth-order valence-corrected chi connectivity index (χ4v) is 18.4. The van der Waals surface area contributed by atoms with Crippen LogP contribution in [-0.4, -0.2) is 73.3 Å². The highest BCUT2D eigenvalue weighted by atomic mass is 33.1. The summed E-state index contributed by atoms with van der Waals surface area (Å²) in [4.78, 5) is 31.6. The van der Waals surface area contributed by atoms with Crippen molar-refractivity contribution in [2.24, 2.45) is 57.3 Å². The van der Waals surface area contributed by atoms with E-state index in [0.717, 1.165) is 90.6 Å². The molecule has 11 unspecified atom stereocenters. The van der Waals surface area contributed by atoms with Gasteiger partial charge in [-0.15, -0.1) is 0 Å². The molecule has 13 heteroatoms. The first-order chi connectivity index (χ1) is 34.3. The van der Waals surface area contributed by atoms with Gasteiger partial charge in [-0.1, -0.05) is 70.2 Å². The molecule has 0 radical (unpaired) electrons. The van der Waals surface area contributed by atoms with E-state index in [1.54, 1.807) is 58.1 Å². The zero-order valence-electron chi connectivity index (χ0n) is 40.3. The first-order valence-corrected chi connectivity index (χ1v) is 28.4. The lowest BCUT2D eigenvalue weighted by molar-refractivity contribution is -0.169. The maximum Gasteiger partial charge on any atom is 0.165 e. The predicted octanol–water partition coefficient (Wildman–Crippen LogP) is 8.56. The predicted molar refractivity (Wildman–Crippen MR) is 277 cm³/mol. The van der Waals surface area contributed by atoms with Crippen molar-refractivity contribution in [1.82, 2.24) is 4.98 Å². The number of allylic oxidation sites excluding steroid dienone is 2. The summed E-state index contributed by atoms with van der Waals surface area (Å²) in [7, 11) is 3.48. The quantitative estimate of drug-likeness (QED) is 0.0551. The van der Waals surface area contributed by atoms with Crippen LogP contribution < -0.4 is 16.2 Å². The Balaban J connectivity index is 0.983. The molecule has 71 heavy (non-hydrogen) atoms. The number of nitrogens with two attached hydrogens (primary N) is 2. The van der Waals surface area contributed by atoms with Crippen LogP contribution in [-0.2, 0) is 29.8 Å². The molecule has 11 atom stereocenters. The second-order valence-corrected chi connectivity index (χ2v) is 24.8. The van der Waals surface area contributed by atoms with Crippen molar-refractivity contribution in [2.45, 2.75) is 120 Å². The largest absolute Gasteiger partial charge is 0.508 e. The van der Waals surface area contributed by atoms with Crippen molar-refractivity contribution in [3.63, 3.8) is 0 Å². The van der Waals surface area contributed by atoms with Gasteiger partial charge in [0.05, 0.1) is 38.0 Å². The molecule has 4 aromatic rings. The summed E-state index contributed by atoms with van der Waals surface area (Å²) in [5.74, 6) is 9.34. The van der Waals surface area contributed by atoms with Crippen molar-refractivity contribution in [1.29, 1.82) is 0 Å². The Morgan fingerprint density at radius 1 is 0.887 bits per heavy atom. The molecule has 0 spiro atoms. The molecule has 10 bridgehead atoms. The molecule has 0 amide bonds. The molecule has 11 rings (SSSR count). The SMILES string of the molecule is NC(N)c1cc2c3cc1CSSCC14CC5C6CCC(C(O)CO)C7(CCCC67)CC5C(C=CC(=O)CCc5ccc(O)c(c5)OCCc5ccc(O)c(c5)C3CC(=O)c3cc[nH]c3CC#C2)(CC1O)C4. The van der Waals surface area contributed by atoms with Crippen LogP contribution in [0.25, 0.3) is 0 Å². The maximum absolute atomic E-state index is 14.3. The van der Waals surface area contributed by atoms with Crippen molar-refractivity contribution >= 4 is 33.2 Å². The molecule has 6 aliphatic carbocycles. The topological polar surface area (TPSA) is 212 Å². The number of fused-ring (bicyclic) bond motifs is 9. The molecular weight excluding hydrogens is 931 g/mol. The number of aliphatic hydroxyl groups is 3. The van der Waals surface area contributed by atoms with E-state index in [0.29, 0.717) is 71.6 Å². The zero-order chi connectivity index (χ0) is 49.2. The van der Waals surface area contributed by atoms with Crippen LogP contribution in [0, 0.1) is 57.7 Å². The third-order valence-corrected chi connectivity index (χ3v) is 21.2. The van der Waals surface area contributed by atoms with Gasteiger partial charge >= 0.3 is 0 Å². The Kier molecular flexibility index (Phi) is 13.3. The van der Waals surface area contributed by atoms with Gasteiger partial charge in [-0.3, -0.25) is 9.59 Å². The summed E-state index contributed by atoms with van der Waals surface area (Å²) < 4.78 is 6.21. The van der Waals surface area contributed by atoms with Gasteiger partial charge in [0.1, 0.15) is 5.75 Å². The lowest BCUT2D eigenvalue weighted by Gasteiger charge is -2.64. The summed E-state index contributed by atoms with van der Waals surface area (Å²) in [6.07, 6.45) is 13.7. The number of rotatable bonds is 3. The molecule has 0 saturated heterocycles. The number of aromatic amines is 1. The average Bonchev–Trinajstić information content (AvgIpc) is 4.08. The van der Waals surface area contributed by atoms with Crippen LogP contribution in [0.4, 0.5) is 0 Å². The first kappa shape index (κ1) is 48.7. The lowest BCUT2D eigenvalue weighted by Crippen LogP contribution is -2.59. The number of carbonyl (C=O) groups excluding carboxylic acids is 2. The summed E-state index contributed by atoms with van der Waals surface area (Å²) >= 11 is 0. The number of Topliss-reactive ketones (excluding diaryl/α,β-unsaturated/α-hetero) is 1. The molecule has 5 saturated carbocycles. The second kappa shape index (κ2) is 19.4. The molecule has 3 aromatic carbocycles. The highest BCUT2D eigenvalue weighted by Gasteiger charge is 2.70. The van der Waals surface area contributed by atoms with Crippen molar-refractivity contribution in [3.8, 4) is 29.1 Å². The van der Waals surface area contributed by atoms with Gasteiger partial charge in [-0.25, -0.2) is 0 Å². The number of nitrogens with one attached hydrogen (secondary N) is 1. The molecular formula is C58H67N3O8S2. The fourth-order valence-electron chi connectivity index (χ4n) is 15.6. The normalized spacial score (nSPS) is 33.0. The Morgan fingerprint density at radius 3 is 2.55 bits per heavy atom. The molecule has 374 valence electrons. The van der Waals surface area contributed by atoms with E-state index in [2.05, 4.69) is 29.0 Å². The number of ketones is 2. The van der Waals surface area contributed by atoms with E-state index in [-0.39, 0.29) is 71.8 Å². The van der Waals surface area contributed by atoms with Gasteiger partial charge < -0.3 is 46.7 Å². The number of ether oxygens (including phenoxy) is 1. The van der Waals surface area contributed by atoms with Crippen molar-refractivity contribution in [3.05, 3.63) is 123 Å². The van der Waals surface area contributed by atoms with Gasteiger partial charge in [0, 0.05) is 70.7 Å². The van der Waals surface area contributed by atoms with Crippen LogP contribution in [0.5, 0.6) is 17.2 Å². The number of hydrogen-bond acceptors (Lipinski definition) is 12. The highest BCUT2D eigenvalue weighted by Crippen LogP contribution is 2.75. The molecule has 1 aromatic heterocycles. The minimum Gasteiger partial charge on any atom is -0.508 e. The van der Waals surface area contributed by atoms with Crippen LogP contribution in [0.1, 0.15) is 138 Å². The fraction of sp³-hybridized carbons (Fsp3) is 0.517. The number of benzene rings is 3. The molecule has 11 nitrogen and oxygen atoms in total. The Hall–Kier alpha value is -4.52. The minimum absolute atomic E-state index is 0.00141. The van der Waals surface area contributed by atoms with Gasteiger partial charge in [0.2, 0.25) is 0 Å². The number of aryl methyl sites for hydroxylation is 1. The number of aliphatic hydroxyl groups excluding tert-OH is 3. The summed E-state index contributed by atoms with van der Waals surface area (Å²) in [5.41, 5.74) is 19.1. The third kappa shape index (κ3) is 8.77. The summed E-state index contributed by atoms with van der Waals surface area (Å²) in [6, 6.07) is 16.5. The first-order valence-electron chi connectivity index (χ1n) is 25.9. The summed E-state index contributed by atoms with van der Waals surface area (Å²) in [6.45, 7) is -0.00814. The summed E-state index contributed by atoms with van der Waals surface area (Å²) in [5, 5.41) is 56.8. The molecule has 10 N–H and O–H groups in total. The van der Waals surface area contributed by atoms with E-state index in [1.807, 2.05) is 24.3 Å². The number of phenolic OH excluding ortho intramolecular Hbond substituents is 2. The van der Waals surface area contributed by atoms with Gasteiger partial charge in [-0.05, 0) is 162 Å². The Morgan fingerprint density at radius 2 is 1.72 bits per heavy atom. The van der Waals surface area contributed by atoms with E-state index >= 15 is 0 Å². The lowest BCUT2D eigenvalue weighted by atomic mass is 9.40. The third-order valence-electron chi connectivity index (χ3n) is 18.7. The average molecular weight is 998 g/mol. The molecule has 7 aliphatic rings. The van der Waals surface area contributed by atoms with Crippen LogP contribution in [0.2, 0.25) is 0 Å². The molecule has 2 heterocycles. The Labute approximate surface area is 424 Å². The van der Waals surface area contributed by atoms with E-state index in [4.69, 9.17) is 16.2 Å². The van der Waals surface area contributed by atoms with Crippen LogP contribution in [0.15, 0.2) is 72.9 Å². The van der Waals surface area contributed by atoms with E-state index in [1.165, 1.54) is 0 Å². The highest BCUT2D eigenvalue weighted by molar-refractivity contribution is 8.76. The van der Waals surface area contributed by atoms with Crippen LogP contribution >= 0.6 is 21.6 Å². The van der Waals surface area contributed by atoms with Gasteiger partial charge in [0.15, 0.2) is 23.1 Å². The number of H-pyrrole nitrogens is 1. The number of carbonyl (C=O) groups is 2. The van der Waals surface area contributed by atoms with E-state index < -0.39 is 29.7 Å². The van der Waals surface area contributed by atoms with Crippen molar-refractivity contribution in [2.75, 3.05) is 19.0 Å². The van der Waals surface area contributed by atoms with E-state index in [9.17, 15) is 35.1 Å². The maximum atomic E-state index is 14.3. The van der Waals surface area contributed by atoms with Gasteiger partial charge in [0.25, 0.3) is 0 Å². The molecule has 1 aliphatic heterocycles. The van der Waals surface area contributed by atoms with Crippen LogP contribution in [0.3, 0.4) is 0 Å². The number of hydrogen-bond donors (Lipinski definition) is 8. The minimum atomic E-state index is -0.802. The number of aromatic nitrogens is 1. The second-order valence-electron chi connectivity index (χ2n) is 22.3. The zero-order valence-corrected chi connectivity index (χ0v) is 41.9.